The molecule has 1 aliphatic heterocycles. The summed E-state index contributed by atoms with van der Waals surface area (Å²) in [6, 6.07) is 10.4. The Morgan fingerprint density at radius 3 is 2.83 bits per heavy atom. The first-order valence-corrected chi connectivity index (χ1v) is 12.8. The Balaban J connectivity index is 1.33. The maximum absolute atomic E-state index is 12.7. The molecular formula is C19H21N5O3S3. The summed E-state index contributed by atoms with van der Waals surface area (Å²) < 4.78 is 26.9. The van der Waals surface area contributed by atoms with Gasteiger partial charge in [-0.15, -0.1) is 16.4 Å². The maximum atomic E-state index is 12.7. The molecule has 1 fully saturated rings. The number of anilines is 1. The largest absolute Gasteiger partial charge is 0.325 e. The van der Waals surface area contributed by atoms with E-state index in [0.29, 0.717) is 30.4 Å². The van der Waals surface area contributed by atoms with Gasteiger partial charge < -0.3 is 5.32 Å². The van der Waals surface area contributed by atoms with Crippen LogP contribution in [0.3, 0.4) is 0 Å². The number of aromatic nitrogens is 3. The van der Waals surface area contributed by atoms with Gasteiger partial charge in [-0.3, -0.25) is 9.89 Å². The smallest absolute Gasteiger partial charge is 0.243 e. The topological polar surface area (TPSA) is 108 Å². The van der Waals surface area contributed by atoms with E-state index in [2.05, 4.69) is 20.5 Å². The number of benzene rings is 1. The standard InChI is InChI=1S/C19H21N5O3S3/c25-18(13-29-19-21-17(22-23-19)12-15-6-4-10-28-15)20-14-5-3-7-16(11-14)30(26,27)24-8-1-2-9-24/h3-7,10-11H,1-2,8-9,12-13H2,(H,20,25)(H,21,22,23). The molecule has 0 spiro atoms. The highest BCUT2D eigenvalue weighted by atomic mass is 32.2. The zero-order chi connectivity index (χ0) is 21.0. The average molecular weight is 464 g/mol. The molecule has 3 aromatic rings. The Kier molecular flexibility index (Phi) is 6.52. The van der Waals surface area contributed by atoms with Crippen molar-refractivity contribution in [1.82, 2.24) is 19.5 Å². The lowest BCUT2D eigenvalue weighted by Gasteiger charge is -2.16. The molecule has 2 N–H and O–H groups in total. The Hall–Kier alpha value is -2.21. The first-order valence-electron chi connectivity index (χ1n) is 9.47. The van der Waals surface area contributed by atoms with Gasteiger partial charge in [-0.1, -0.05) is 23.9 Å². The number of carbonyl (C=O) groups is 1. The summed E-state index contributed by atoms with van der Waals surface area (Å²) in [4.78, 5) is 18.1. The predicted octanol–water partition coefficient (Wildman–Crippen LogP) is 2.97. The highest BCUT2D eigenvalue weighted by Gasteiger charge is 2.27. The van der Waals surface area contributed by atoms with Crippen LogP contribution >= 0.6 is 23.1 Å². The van der Waals surface area contributed by atoms with Crippen molar-refractivity contribution < 1.29 is 13.2 Å². The molecule has 3 heterocycles. The number of nitrogens with zero attached hydrogens (tertiary/aromatic N) is 3. The molecule has 8 nitrogen and oxygen atoms in total. The molecule has 0 radical (unpaired) electrons. The molecule has 0 atom stereocenters. The summed E-state index contributed by atoms with van der Waals surface area (Å²) >= 11 is 2.88. The number of thioether (sulfide) groups is 1. The number of hydrogen-bond donors (Lipinski definition) is 2. The molecule has 0 saturated carbocycles. The second kappa shape index (κ2) is 9.29. The number of hydrogen-bond acceptors (Lipinski definition) is 7. The molecular weight excluding hydrogens is 442 g/mol. The summed E-state index contributed by atoms with van der Waals surface area (Å²) in [6.07, 6.45) is 2.43. The fraction of sp³-hybridized carbons (Fsp3) is 0.316. The van der Waals surface area contributed by atoms with Crippen LogP contribution in [-0.2, 0) is 21.2 Å². The number of nitrogens with one attached hydrogen (secondary N) is 2. The van der Waals surface area contributed by atoms with Crippen molar-refractivity contribution in [2.24, 2.45) is 0 Å². The lowest BCUT2D eigenvalue weighted by molar-refractivity contribution is -0.113. The molecule has 1 saturated heterocycles. The molecule has 158 valence electrons. The van der Waals surface area contributed by atoms with E-state index >= 15 is 0 Å². The van der Waals surface area contributed by atoms with Crippen molar-refractivity contribution in [1.29, 1.82) is 0 Å². The summed E-state index contributed by atoms with van der Waals surface area (Å²) in [5, 5.41) is 12.3. The van der Waals surface area contributed by atoms with Crippen molar-refractivity contribution in [3.8, 4) is 0 Å². The van der Waals surface area contributed by atoms with Gasteiger partial charge in [-0.25, -0.2) is 13.4 Å². The normalized spacial score (nSPS) is 14.8. The van der Waals surface area contributed by atoms with E-state index in [-0.39, 0.29) is 16.6 Å². The minimum Gasteiger partial charge on any atom is -0.325 e. The molecule has 0 unspecified atom stereocenters. The lowest BCUT2D eigenvalue weighted by atomic mass is 10.3. The number of rotatable bonds is 8. The number of sulfonamides is 1. The molecule has 4 rings (SSSR count). The molecule has 0 aliphatic carbocycles. The minimum atomic E-state index is -3.52. The van der Waals surface area contributed by atoms with Crippen LogP contribution in [0.25, 0.3) is 0 Å². The van der Waals surface area contributed by atoms with Crippen LogP contribution in [0.15, 0.2) is 51.8 Å². The van der Waals surface area contributed by atoms with E-state index in [4.69, 9.17) is 0 Å². The highest BCUT2D eigenvalue weighted by Crippen LogP contribution is 2.23. The molecule has 2 aromatic heterocycles. The van der Waals surface area contributed by atoms with Crippen LogP contribution in [-0.4, -0.2) is 52.7 Å². The molecule has 1 aromatic carbocycles. The van der Waals surface area contributed by atoms with Crippen molar-refractivity contribution in [3.05, 3.63) is 52.5 Å². The Bertz CT molecular complexity index is 1110. The van der Waals surface area contributed by atoms with Gasteiger partial charge in [-0.2, -0.15) is 4.31 Å². The lowest BCUT2D eigenvalue weighted by Crippen LogP contribution is -2.28. The molecule has 0 bridgehead atoms. The summed E-state index contributed by atoms with van der Waals surface area (Å²) in [6.45, 7) is 1.08. The maximum Gasteiger partial charge on any atom is 0.243 e. The highest BCUT2D eigenvalue weighted by molar-refractivity contribution is 7.99. The van der Waals surface area contributed by atoms with E-state index in [1.165, 1.54) is 27.0 Å². The van der Waals surface area contributed by atoms with Crippen LogP contribution in [0.1, 0.15) is 23.5 Å². The number of aromatic amines is 1. The van der Waals surface area contributed by atoms with E-state index < -0.39 is 10.0 Å². The summed E-state index contributed by atoms with van der Waals surface area (Å²) in [7, 11) is -3.52. The van der Waals surface area contributed by atoms with Gasteiger partial charge in [0.15, 0.2) is 0 Å². The van der Waals surface area contributed by atoms with E-state index in [1.807, 2.05) is 17.5 Å². The average Bonchev–Trinajstić information content (AvgIpc) is 3.50. The van der Waals surface area contributed by atoms with Gasteiger partial charge in [0.2, 0.25) is 21.1 Å². The van der Waals surface area contributed by atoms with Crippen LogP contribution in [0.2, 0.25) is 0 Å². The van der Waals surface area contributed by atoms with Crippen LogP contribution in [0.4, 0.5) is 5.69 Å². The van der Waals surface area contributed by atoms with E-state index in [9.17, 15) is 13.2 Å². The third kappa shape index (κ3) is 5.09. The Morgan fingerprint density at radius 1 is 1.23 bits per heavy atom. The zero-order valence-electron chi connectivity index (χ0n) is 16.1. The Morgan fingerprint density at radius 2 is 2.07 bits per heavy atom. The predicted molar refractivity (Wildman–Crippen MR) is 117 cm³/mol. The van der Waals surface area contributed by atoms with Crippen molar-refractivity contribution in [3.63, 3.8) is 0 Å². The van der Waals surface area contributed by atoms with Gasteiger partial charge in [0.1, 0.15) is 5.82 Å². The number of amides is 1. The second-order valence-corrected chi connectivity index (χ2v) is 10.7. The molecule has 11 heteroatoms. The Labute approximate surface area is 183 Å². The minimum absolute atomic E-state index is 0.124. The molecule has 1 aliphatic rings. The fourth-order valence-electron chi connectivity index (χ4n) is 3.14. The quantitative estimate of drug-likeness (QED) is 0.497. The first kappa shape index (κ1) is 21.0. The third-order valence-corrected chi connectivity index (χ3v) is 8.20. The van der Waals surface area contributed by atoms with Gasteiger partial charge >= 0.3 is 0 Å². The van der Waals surface area contributed by atoms with Gasteiger partial charge in [0, 0.05) is 30.1 Å². The number of thiophene rings is 1. The summed E-state index contributed by atoms with van der Waals surface area (Å²) in [5.41, 5.74) is 0.453. The SMILES string of the molecule is O=C(CSc1n[nH]c(Cc2cccs2)n1)Nc1cccc(S(=O)(=O)N2CCCC2)c1. The number of carbonyl (C=O) groups excluding carboxylic acids is 1. The molecule has 30 heavy (non-hydrogen) atoms. The van der Waals surface area contributed by atoms with Gasteiger partial charge in [0.25, 0.3) is 0 Å². The third-order valence-electron chi connectivity index (χ3n) is 4.59. The summed E-state index contributed by atoms with van der Waals surface area (Å²) in [5.74, 6) is 0.625. The van der Waals surface area contributed by atoms with Crippen molar-refractivity contribution in [2.45, 2.75) is 29.3 Å². The van der Waals surface area contributed by atoms with Crippen LogP contribution < -0.4 is 5.32 Å². The monoisotopic (exact) mass is 463 g/mol. The molecule has 1 amide bonds. The van der Waals surface area contributed by atoms with Gasteiger partial charge in [-0.05, 0) is 42.5 Å². The zero-order valence-corrected chi connectivity index (χ0v) is 18.5. The van der Waals surface area contributed by atoms with Gasteiger partial charge in [0.05, 0.1) is 10.6 Å². The van der Waals surface area contributed by atoms with E-state index in [0.717, 1.165) is 18.7 Å². The van der Waals surface area contributed by atoms with Crippen LogP contribution in [0.5, 0.6) is 0 Å². The van der Waals surface area contributed by atoms with Crippen LogP contribution in [0, 0.1) is 0 Å². The first-order chi connectivity index (χ1) is 14.5. The van der Waals surface area contributed by atoms with Crippen molar-refractivity contribution >= 4 is 44.7 Å². The van der Waals surface area contributed by atoms with Crippen molar-refractivity contribution in [2.75, 3.05) is 24.2 Å². The second-order valence-electron chi connectivity index (χ2n) is 6.80. The van der Waals surface area contributed by atoms with E-state index in [1.54, 1.807) is 29.5 Å². The fourth-order valence-corrected chi connectivity index (χ4v) is 6.03. The number of H-pyrrole nitrogens is 1.